The molecule has 0 fully saturated rings. The summed E-state index contributed by atoms with van der Waals surface area (Å²) in [5.74, 6) is 0.317. The van der Waals surface area contributed by atoms with Crippen LogP contribution in [0, 0.1) is 0 Å². The van der Waals surface area contributed by atoms with Crippen molar-refractivity contribution in [3.05, 3.63) is 22.7 Å². The third-order valence-corrected chi connectivity index (χ3v) is 1.94. The van der Waals surface area contributed by atoms with Crippen molar-refractivity contribution in [2.75, 3.05) is 19.0 Å². The van der Waals surface area contributed by atoms with Crippen LogP contribution in [0.5, 0.6) is 0 Å². The second-order valence-corrected chi connectivity index (χ2v) is 3.58. The largest absolute Gasteiger partial charge is 0.377 e. The first-order valence-electron chi connectivity index (χ1n) is 4.38. The van der Waals surface area contributed by atoms with Crippen molar-refractivity contribution < 1.29 is 4.74 Å². The third-order valence-electron chi connectivity index (χ3n) is 1.94. The number of hydrogen-bond acceptors (Lipinski definition) is 4. The zero-order chi connectivity index (χ0) is 10.6. The maximum Gasteiger partial charge on any atom is 0.290 e. The van der Waals surface area contributed by atoms with Gasteiger partial charge in [0, 0.05) is 26.0 Å². The smallest absolute Gasteiger partial charge is 0.290 e. The van der Waals surface area contributed by atoms with E-state index < -0.39 is 0 Å². The fraction of sp³-hybridized carbons (Fsp3) is 0.556. The Bertz CT molecular complexity index is 346. The SMILES string of the molecule is COC(C)(C)CNc1ncc[nH]c1=O. The molecule has 0 aromatic carbocycles. The van der Waals surface area contributed by atoms with Crippen LogP contribution in [-0.2, 0) is 4.74 Å². The van der Waals surface area contributed by atoms with Gasteiger partial charge in [-0.1, -0.05) is 0 Å². The van der Waals surface area contributed by atoms with E-state index in [2.05, 4.69) is 15.3 Å². The predicted octanol–water partition coefficient (Wildman–Crippen LogP) is 0.607. The fourth-order valence-electron chi connectivity index (χ4n) is 0.846. The lowest BCUT2D eigenvalue weighted by Crippen LogP contribution is -2.33. The highest BCUT2D eigenvalue weighted by Crippen LogP contribution is 2.06. The Morgan fingerprint density at radius 1 is 1.64 bits per heavy atom. The van der Waals surface area contributed by atoms with Crippen molar-refractivity contribution in [1.29, 1.82) is 0 Å². The van der Waals surface area contributed by atoms with Gasteiger partial charge < -0.3 is 15.0 Å². The Hall–Kier alpha value is -1.36. The van der Waals surface area contributed by atoms with Crippen LogP contribution >= 0.6 is 0 Å². The van der Waals surface area contributed by atoms with Gasteiger partial charge >= 0.3 is 0 Å². The number of anilines is 1. The molecule has 0 saturated heterocycles. The maximum atomic E-state index is 11.2. The van der Waals surface area contributed by atoms with Gasteiger partial charge in [0.25, 0.3) is 5.56 Å². The number of H-pyrrole nitrogens is 1. The summed E-state index contributed by atoms with van der Waals surface area (Å²) < 4.78 is 5.20. The van der Waals surface area contributed by atoms with Gasteiger partial charge in [0.05, 0.1) is 5.60 Å². The van der Waals surface area contributed by atoms with Crippen molar-refractivity contribution in [2.45, 2.75) is 19.4 Å². The molecule has 1 aromatic heterocycles. The molecule has 0 aliphatic heterocycles. The molecule has 1 heterocycles. The van der Waals surface area contributed by atoms with Gasteiger partial charge in [-0.05, 0) is 13.8 Å². The number of aromatic amines is 1. The van der Waals surface area contributed by atoms with Crippen LogP contribution in [0.2, 0.25) is 0 Å². The lowest BCUT2D eigenvalue weighted by atomic mass is 10.1. The molecular weight excluding hydrogens is 182 g/mol. The number of nitrogens with zero attached hydrogens (tertiary/aromatic N) is 1. The molecule has 0 amide bonds. The van der Waals surface area contributed by atoms with Gasteiger partial charge in [0.15, 0.2) is 5.82 Å². The standard InChI is InChI=1S/C9H15N3O2/c1-9(2,14-3)6-12-7-8(13)11-5-4-10-7/h4-5H,6H2,1-3H3,(H,10,12)(H,11,13). The lowest BCUT2D eigenvalue weighted by Gasteiger charge is -2.22. The highest BCUT2D eigenvalue weighted by Gasteiger charge is 2.16. The number of aromatic nitrogens is 2. The highest BCUT2D eigenvalue weighted by atomic mass is 16.5. The molecule has 0 unspecified atom stereocenters. The highest BCUT2D eigenvalue weighted by molar-refractivity contribution is 5.30. The van der Waals surface area contributed by atoms with E-state index in [9.17, 15) is 4.79 Å². The number of ether oxygens (including phenoxy) is 1. The van der Waals surface area contributed by atoms with Gasteiger partial charge in [0.1, 0.15) is 0 Å². The van der Waals surface area contributed by atoms with Crippen LogP contribution in [0.3, 0.4) is 0 Å². The maximum absolute atomic E-state index is 11.2. The van der Waals surface area contributed by atoms with E-state index in [1.165, 1.54) is 12.4 Å². The van der Waals surface area contributed by atoms with Crippen LogP contribution in [0.15, 0.2) is 17.2 Å². The van der Waals surface area contributed by atoms with Crippen molar-refractivity contribution in [3.63, 3.8) is 0 Å². The second-order valence-electron chi connectivity index (χ2n) is 3.58. The first-order valence-corrected chi connectivity index (χ1v) is 4.38. The Kier molecular flexibility index (Phi) is 3.24. The number of rotatable bonds is 4. The molecule has 0 aliphatic carbocycles. The molecule has 0 bridgehead atoms. The molecule has 1 aromatic rings. The fourth-order valence-corrected chi connectivity index (χ4v) is 0.846. The van der Waals surface area contributed by atoms with Gasteiger partial charge in [-0.15, -0.1) is 0 Å². The summed E-state index contributed by atoms with van der Waals surface area (Å²) in [5.41, 5.74) is -0.538. The molecule has 14 heavy (non-hydrogen) atoms. The molecule has 2 N–H and O–H groups in total. The van der Waals surface area contributed by atoms with E-state index in [1.54, 1.807) is 7.11 Å². The predicted molar refractivity (Wildman–Crippen MR) is 54.4 cm³/mol. The minimum absolute atomic E-state index is 0.223. The van der Waals surface area contributed by atoms with E-state index in [-0.39, 0.29) is 11.2 Å². The summed E-state index contributed by atoms with van der Waals surface area (Å²) in [7, 11) is 1.63. The van der Waals surface area contributed by atoms with Crippen LogP contribution in [0.25, 0.3) is 0 Å². The minimum atomic E-state index is -0.316. The van der Waals surface area contributed by atoms with Crippen LogP contribution in [0.4, 0.5) is 5.82 Å². The number of hydrogen-bond donors (Lipinski definition) is 2. The number of nitrogens with one attached hydrogen (secondary N) is 2. The summed E-state index contributed by atoms with van der Waals surface area (Å²) in [6.07, 6.45) is 3.03. The Morgan fingerprint density at radius 2 is 2.36 bits per heavy atom. The van der Waals surface area contributed by atoms with E-state index in [0.29, 0.717) is 12.4 Å². The Labute approximate surface area is 82.5 Å². The summed E-state index contributed by atoms with van der Waals surface area (Å²) in [6.45, 7) is 4.39. The lowest BCUT2D eigenvalue weighted by molar-refractivity contribution is 0.0343. The molecular formula is C9H15N3O2. The van der Waals surface area contributed by atoms with E-state index in [0.717, 1.165) is 0 Å². The minimum Gasteiger partial charge on any atom is -0.377 e. The average molecular weight is 197 g/mol. The quantitative estimate of drug-likeness (QED) is 0.742. The van der Waals surface area contributed by atoms with Gasteiger partial charge in [-0.2, -0.15) is 0 Å². The van der Waals surface area contributed by atoms with Crippen molar-refractivity contribution in [2.24, 2.45) is 0 Å². The van der Waals surface area contributed by atoms with Crippen LogP contribution in [-0.4, -0.2) is 29.2 Å². The van der Waals surface area contributed by atoms with Crippen LogP contribution < -0.4 is 10.9 Å². The van der Waals surface area contributed by atoms with Crippen molar-refractivity contribution in [1.82, 2.24) is 9.97 Å². The zero-order valence-corrected chi connectivity index (χ0v) is 8.63. The Morgan fingerprint density at radius 3 is 2.93 bits per heavy atom. The number of methoxy groups -OCH3 is 1. The molecule has 78 valence electrons. The third kappa shape index (κ3) is 2.85. The molecule has 0 radical (unpaired) electrons. The molecule has 0 saturated carbocycles. The van der Waals surface area contributed by atoms with E-state index in [4.69, 9.17) is 4.74 Å². The second kappa shape index (κ2) is 4.23. The molecule has 0 atom stereocenters. The summed E-state index contributed by atoms with van der Waals surface area (Å²) >= 11 is 0. The molecule has 5 heteroatoms. The monoisotopic (exact) mass is 197 g/mol. The van der Waals surface area contributed by atoms with Crippen LogP contribution in [0.1, 0.15) is 13.8 Å². The molecule has 0 spiro atoms. The average Bonchev–Trinajstić information content (AvgIpc) is 2.17. The van der Waals surface area contributed by atoms with Gasteiger partial charge in [-0.25, -0.2) is 4.98 Å². The van der Waals surface area contributed by atoms with Gasteiger partial charge in [-0.3, -0.25) is 4.79 Å². The normalized spacial score (nSPS) is 11.4. The summed E-state index contributed by atoms with van der Waals surface area (Å²) in [4.78, 5) is 17.6. The first kappa shape index (κ1) is 10.7. The van der Waals surface area contributed by atoms with E-state index >= 15 is 0 Å². The topological polar surface area (TPSA) is 67.0 Å². The zero-order valence-electron chi connectivity index (χ0n) is 8.63. The van der Waals surface area contributed by atoms with Gasteiger partial charge in [0.2, 0.25) is 0 Å². The molecule has 0 aliphatic rings. The van der Waals surface area contributed by atoms with Crippen molar-refractivity contribution >= 4 is 5.82 Å². The first-order chi connectivity index (χ1) is 6.55. The Balaban J connectivity index is 2.63. The van der Waals surface area contributed by atoms with E-state index in [1.807, 2.05) is 13.8 Å². The molecule has 5 nitrogen and oxygen atoms in total. The summed E-state index contributed by atoms with van der Waals surface area (Å²) in [6, 6.07) is 0. The molecule has 1 rings (SSSR count). The van der Waals surface area contributed by atoms with Crippen molar-refractivity contribution in [3.8, 4) is 0 Å². The summed E-state index contributed by atoms with van der Waals surface area (Å²) in [5, 5.41) is 2.92.